The number of rotatable bonds is 3. The van der Waals surface area contributed by atoms with Gasteiger partial charge >= 0.3 is 0 Å². The minimum absolute atomic E-state index is 0. The summed E-state index contributed by atoms with van der Waals surface area (Å²) in [5.74, 6) is -0.482. The fourth-order valence-electron chi connectivity index (χ4n) is 2.05. The second-order valence-corrected chi connectivity index (χ2v) is 7.42. The Morgan fingerprint density at radius 2 is 1.70 bits per heavy atom. The van der Waals surface area contributed by atoms with Crippen LogP contribution in [-0.4, -0.2) is 48.2 Å². The first-order chi connectivity index (χ1) is 9.97. The maximum absolute atomic E-state index is 10.5. The normalized spacial score (nSPS) is 22.7. The van der Waals surface area contributed by atoms with Gasteiger partial charge in [0.2, 0.25) is 0 Å². The lowest BCUT2D eigenvalue weighted by molar-refractivity contribution is -0.159. The molecule has 1 aliphatic rings. The molecule has 0 radical (unpaired) electrons. The molecule has 0 aliphatic carbocycles. The number of benzene rings is 1. The molecule has 1 atom stereocenters. The van der Waals surface area contributed by atoms with Crippen LogP contribution < -0.4 is 0 Å². The SMILES string of the molecule is CC1(CCO)COC(C)(C)O1.Cc1ccc(S(=O)(=O)O)cc1.O. The van der Waals surface area contributed by atoms with Gasteiger partial charge in [-0.1, -0.05) is 17.7 Å². The summed E-state index contributed by atoms with van der Waals surface area (Å²) in [6.07, 6.45) is 0.635. The van der Waals surface area contributed by atoms with Gasteiger partial charge in [-0.3, -0.25) is 4.55 Å². The average molecular weight is 350 g/mol. The fraction of sp³-hybridized carbons (Fsp3) is 0.600. The molecule has 1 aliphatic heterocycles. The Bertz CT molecular complexity index is 580. The predicted molar refractivity (Wildman–Crippen MR) is 85.8 cm³/mol. The van der Waals surface area contributed by atoms with Gasteiger partial charge < -0.3 is 20.1 Å². The Balaban J connectivity index is 0.000000403. The van der Waals surface area contributed by atoms with Crippen LogP contribution in [-0.2, 0) is 19.6 Å². The molecule has 23 heavy (non-hydrogen) atoms. The largest absolute Gasteiger partial charge is 0.412 e. The average Bonchev–Trinajstić information content (AvgIpc) is 2.64. The number of hydrogen-bond donors (Lipinski definition) is 2. The molecule has 8 heteroatoms. The predicted octanol–water partition coefficient (Wildman–Crippen LogP) is 1.33. The van der Waals surface area contributed by atoms with Crippen LogP contribution >= 0.6 is 0 Å². The van der Waals surface area contributed by atoms with E-state index < -0.39 is 15.9 Å². The molecule has 0 saturated carbocycles. The van der Waals surface area contributed by atoms with Crippen molar-refractivity contribution in [2.75, 3.05) is 13.2 Å². The van der Waals surface area contributed by atoms with Gasteiger partial charge in [-0.15, -0.1) is 0 Å². The van der Waals surface area contributed by atoms with Crippen molar-refractivity contribution in [3.8, 4) is 0 Å². The van der Waals surface area contributed by atoms with Gasteiger partial charge in [-0.2, -0.15) is 8.42 Å². The lowest BCUT2D eigenvalue weighted by Crippen LogP contribution is -2.31. The molecule has 1 aromatic rings. The van der Waals surface area contributed by atoms with E-state index in [0.717, 1.165) is 5.56 Å². The van der Waals surface area contributed by atoms with Crippen molar-refractivity contribution in [3.05, 3.63) is 29.8 Å². The van der Waals surface area contributed by atoms with E-state index in [1.165, 1.54) is 12.1 Å². The van der Waals surface area contributed by atoms with Gasteiger partial charge in [0.05, 0.1) is 17.1 Å². The molecule has 1 heterocycles. The van der Waals surface area contributed by atoms with Gasteiger partial charge in [0.15, 0.2) is 5.79 Å². The molecule has 1 fully saturated rings. The van der Waals surface area contributed by atoms with E-state index in [2.05, 4.69) is 0 Å². The van der Waals surface area contributed by atoms with Crippen LogP contribution in [0.1, 0.15) is 32.8 Å². The van der Waals surface area contributed by atoms with E-state index in [4.69, 9.17) is 19.1 Å². The van der Waals surface area contributed by atoms with Crippen LogP contribution in [0.4, 0.5) is 0 Å². The molecule has 4 N–H and O–H groups in total. The summed E-state index contributed by atoms with van der Waals surface area (Å²) in [5, 5.41) is 8.73. The lowest BCUT2D eigenvalue weighted by Gasteiger charge is -2.23. The Hall–Kier alpha value is -1.03. The maximum atomic E-state index is 10.5. The highest BCUT2D eigenvalue weighted by molar-refractivity contribution is 7.85. The number of aliphatic hydroxyl groups excluding tert-OH is 1. The zero-order valence-electron chi connectivity index (χ0n) is 13.9. The molecule has 1 saturated heterocycles. The van der Waals surface area contributed by atoms with Crippen molar-refractivity contribution in [1.82, 2.24) is 0 Å². The van der Waals surface area contributed by atoms with Crippen molar-refractivity contribution < 1.29 is 33.0 Å². The van der Waals surface area contributed by atoms with Crippen LogP contribution in [0.3, 0.4) is 0 Å². The molecule has 0 amide bonds. The molecule has 0 aromatic heterocycles. The van der Waals surface area contributed by atoms with Crippen molar-refractivity contribution in [3.63, 3.8) is 0 Å². The molecule has 0 bridgehead atoms. The van der Waals surface area contributed by atoms with E-state index in [1.54, 1.807) is 12.1 Å². The molecular weight excluding hydrogens is 324 g/mol. The second kappa shape index (κ2) is 8.18. The van der Waals surface area contributed by atoms with Crippen LogP contribution in [0.2, 0.25) is 0 Å². The summed E-state index contributed by atoms with van der Waals surface area (Å²) >= 11 is 0. The summed E-state index contributed by atoms with van der Waals surface area (Å²) in [4.78, 5) is -0.0666. The molecule has 1 unspecified atom stereocenters. The number of aliphatic hydroxyl groups is 1. The topological polar surface area (TPSA) is 125 Å². The highest BCUT2D eigenvalue weighted by Crippen LogP contribution is 2.32. The zero-order valence-corrected chi connectivity index (χ0v) is 14.7. The molecule has 1 aromatic carbocycles. The maximum Gasteiger partial charge on any atom is 0.294 e. The van der Waals surface area contributed by atoms with Gasteiger partial charge in [-0.05, 0) is 39.8 Å². The lowest BCUT2D eigenvalue weighted by atomic mass is 10.1. The highest BCUT2D eigenvalue weighted by atomic mass is 32.2. The third-order valence-electron chi connectivity index (χ3n) is 3.18. The molecular formula is C15H26O7S. The Morgan fingerprint density at radius 1 is 1.17 bits per heavy atom. The Morgan fingerprint density at radius 3 is 2.04 bits per heavy atom. The highest BCUT2D eigenvalue weighted by Gasteiger charge is 2.41. The third kappa shape index (κ3) is 7.38. The minimum Gasteiger partial charge on any atom is -0.412 e. The Labute approximate surface area is 137 Å². The molecule has 7 nitrogen and oxygen atoms in total. The molecule has 134 valence electrons. The van der Waals surface area contributed by atoms with E-state index in [1.807, 2.05) is 27.7 Å². The molecule has 2 rings (SSSR count). The smallest absolute Gasteiger partial charge is 0.294 e. The van der Waals surface area contributed by atoms with Gasteiger partial charge in [-0.25, -0.2) is 0 Å². The van der Waals surface area contributed by atoms with Crippen LogP contribution in [0.15, 0.2) is 29.2 Å². The first kappa shape index (κ1) is 22.0. The van der Waals surface area contributed by atoms with E-state index >= 15 is 0 Å². The van der Waals surface area contributed by atoms with Crippen LogP contribution in [0, 0.1) is 6.92 Å². The number of aryl methyl sites for hydroxylation is 1. The Kier molecular flexibility index (Phi) is 7.82. The van der Waals surface area contributed by atoms with Crippen molar-refractivity contribution in [2.45, 2.75) is 50.4 Å². The number of hydrogen-bond acceptors (Lipinski definition) is 5. The van der Waals surface area contributed by atoms with Crippen molar-refractivity contribution >= 4 is 10.1 Å². The zero-order chi connectivity index (χ0) is 17.0. The van der Waals surface area contributed by atoms with Crippen LogP contribution in [0.5, 0.6) is 0 Å². The first-order valence-corrected chi connectivity index (χ1v) is 8.41. The van der Waals surface area contributed by atoms with E-state index in [0.29, 0.717) is 13.0 Å². The van der Waals surface area contributed by atoms with Crippen molar-refractivity contribution in [1.29, 1.82) is 0 Å². The summed E-state index contributed by atoms with van der Waals surface area (Å²) in [7, 11) is -4.02. The quantitative estimate of drug-likeness (QED) is 0.792. The third-order valence-corrected chi connectivity index (χ3v) is 4.04. The van der Waals surface area contributed by atoms with Gasteiger partial charge in [0, 0.05) is 13.0 Å². The fourth-order valence-corrected chi connectivity index (χ4v) is 2.53. The van der Waals surface area contributed by atoms with E-state index in [-0.39, 0.29) is 22.6 Å². The second-order valence-electron chi connectivity index (χ2n) is 6.00. The first-order valence-electron chi connectivity index (χ1n) is 6.97. The monoisotopic (exact) mass is 350 g/mol. The standard InChI is InChI=1S/C8H16O3.C7H8O3S.H2O/c1-7(2)10-6-8(3,11-7)4-5-9;1-6-2-4-7(5-3-6)11(8,9)10;/h9H,4-6H2,1-3H3;2-5H,1H3,(H,8,9,10);1H2. The summed E-state index contributed by atoms with van der Waals surface area (Å²) in [6.45, 7) is 8.29. The minimum atomic E-state index is -4.02. The van der Waals surface area contributed by atoms with E-state index in [9.17, 15) is 8.42 Å². The molecule has 0 spiro atoms. The summed E-state index contributed by atoms with van der Waals surface area (Å²) in [5.41, 5.74) is 0.663. The van der Waals surface area contributed by atoms with Gasteiger partial charge in [0.1, 0.15) is 0 Å². The van der Waals surface area contributed by atoms with Crippen LogP contribution in [0.25, 0.3) is 0 Å². The van der Waals surface area contributed by atoms with Crippen molar-refractivity contribution in [2.24, 2.45) is 0 Å². The summed E-state index contributed by atoms with van der Waals surface area (Å²) < 4.78 is 40.5. The number of ether oxygens (including phenoxy) is 2. The summed E-state index contributed by atoms with van der Waals surface area (Å²) in [6, 6.07) is 5.99. The van der Waals surface area contributed by atoms with Gasteiger partial charge in [0.25, 0.3) is 10.1 Å².